The highest BCUT2D eigenvalue weighted by Crippen LogP contribution is 2.33. The summed E-state index contributed by atoms with van der Waals surface area (Å²) in [7, 11) is 0. The number of carbonyl (C=O) groups is 3. The Balaban J connectivity index is 1.13. The Bertz CT molecular complexity index is 1560. The van der Waals surface area contributed by atoms with Gasteiger partial charge in [-0.05, 0) is 62.3 Å². The molecule has 10 nitrogen and oxygen atoms in total. The van der Waals surface area contributed by atoms with Gasteiger partial charge in [0.05, 0.1) is 54.0 Å². The summed E-state index contributed by atoms with van der Waals surface area (Å²) in [5, 5.41) is 13.4. The van der Waals surface area contributed by atoms with Gasteiger partial charge >= 0.3 is 5.97 Å². The molecule has 3 heterocycles. The van der Waals surface area contributed by atoms with Crippen LogP contribution in [0.25, 0.3) is 11.0 Å². The molecule has 2 N–H and O–H groups in total. The Labute approximate surface area is 277 Å². The number of benzene rings is 2. The maximum Gasteiger partial charge on any atom is 0.306 e. The van der Waals surface area contributed by atoms with Gasteiger partial charge in [-0.1, -0.05) is 41.4 Å². The third-order valence-electron chi connectivity index (χ3n) is 9.49. The number of ether oxygens (including phenoxy) is 2. The average Bonchev–Trinajstić information content (AvgIpc) is 3.58. The third-order valence-corrected chi connectivity index (χ3v) is 10.1. The van der Waals surface area contributed by atoms with E-state index in [1.807, 2.05) is 23.1 Å². The molecule has 1 saturated carbocycles. The highest BCUT2D eigenvalue weighted by atomic mass is 35.5. The van der Waals surface area contributed by atoms with Gasteiger partial charge < -0.3 is 29.2 Å². The van der Waals surface area contributed by atoms with Crippen LogP contribution >= 0.6 is 23.2 Å². The van der Waals surface area contributed by atoms with Gasteiger partial charge in [0, 0.05) is 42.7 Å². The Hall–Kier alpha value is -3.15. The number of carboxylic acids is 1. The number of amides is 2. The van der Waals surface area contributed by atoms with Crippen molar-refractivity contribution in [1.29, 1.82) is 0 Å². The van der Waals surface area contributed by atoms with Crippen molar-refractivity contribution in [3.63, 3.8) is 0 Å². The van der Waals surface area contributed by atoms with Gasteiger partial charge in [0.15, 0.2) is 0 Å². The fraction of sp³-hybridized carbons (Fsp3) is 0.500. The number of anilines is 1. The van der Waals surface area contributed by atoms with Crippen molar-refractivity contribution < 1.29 is 33.4 Å². The Morgan fingerprint density at radius 2 is 1.83 bits per heavy atom. The van der Waals surface area contributed by atoms with Crippen LogP contribution in [0.15, 0.2) is 47.1 Å². The Morgan fingerprint density at radius 1 is 1.02 bits per heavy atom. The van der Waals surface area contributed by atoms with Crippen molar-refractivity contribution >= 4 is 57.6 Å². The monoisotopic (exact) mass is 671 g/mol. The number of hydrogen-bond donors (Lipinski definition) is 2. The standard InChI is InChI=1S/C34H39Cl2N3O7/c35-28-17-30(37-33(41)27-20-46-31-5-2-1-4-26(27)31)29(36)14-22(28)15-32(40)39-18-23(38-10-3-12-44-13-11-38)16-24(39)19-45-25-8-6-21(7-9-25)34(42)43/h1-2,4-5,14,17,20-21,23-25H,3,6-13,15-16,18-19H2,(H,37,41)(H,42,43)/t21-,23-,24-,25-/m0/s1. The lowest BCUT2D eigenvalue weighted by molar-refractivity contribution is -0.144. The molecule has 46 heavy (non-hydrogen) atoms. The number of carbonyl (C=O) groups excluding carboxylic acids is 2. The SMILES string of the molecule is O=C(Nc1cc(Cl)c(CC(=O)N2C[C@@H](N3CCCOCC3)C[C@H]2CO[C@H]2CC[C@H](C(=O)O)CC2)cc1Cl)c1coc2ccccc12. The largest absolute Gasteiger partial charge is 0.481 e. The molecule has 12 heteroatoms. The highest BCUT2D eigenvalue weighted by molar-refractivity contribution is 6.36. The fourth-order valence-electron chi connectivity index (χ4n) is 6.90. The molecule has 1 aromatic heterocycles. The number of nitrogens with zero attached hydrogens (tertiary/aromatic N) is 2. The molecule has 6 rings (SSSR count). The molecule has 2 aliphatic heterocycles. The lowest BCUT2D eigenvalue weighted by Gasteiger charge is -2.30. The van der Waals surface area contributed by atoms with Crippen LogP contribution in [0.1, 0.15) is 54.4 Å². The van der Waals surface area contributed by atoms with Gasteiger partial charge in [-0.2, -0.15) is 0 Å². The smallest absolute Gasteiger partial charge is 0.306 e. The predicted octanol–water partition coefficient (Wildman–Crippen LogP) is 5.89. The first kappa shape index (κ1) is 32.8. The molecule has 3 aliphatic rings. The molecule has 3 aromatic rings. The molecule has 0 radical (unpaired) electrons. The van der Waals surface area contributed by atoms with Gasteiger partial charge in [0.1, 0.15) is 11.8 Å². The maximum absolute atomic E-state index is 13.9. The van der Waals surface area contributed by atoms with Crippen LogP contribution < -0.4 is 5.32 Å². The summed E-state index contributed by atoms with van der Waals surface area (Å²) in [6.45, 7) is 4.14. The Morgan fingerprint density at radius 3 is 2.63 bits per heavy atom. The molecule has 0 bridgehead atoms. The van der Waals surface area contributed by atoms with E-state index in [9.17, 15) is 19.5 Å². The van der Waals surface area contributed by atoms with Gasteiger partial charge in [-0.25, -0.2) is 0 Å². The van der Waals surface area contributed by atoms with Crippen LogP contribution in [0.2, 0.25) is 10.0 Å². The van der Waals surface area contributed by atoms with Crippen LogP contribution in [-0.4, -0.2) is 90.3 Å². The zero-order valence-electron chi connectivity index (χ0n) is 25.6. The minimum atomic E-state index is -0.740. The summed E-state index contributed by atoms with van der Waals surface area (Å²) in [6.07, 6.45) is 5.83. The van der Waals surface area contributed by atoms with E-state index in [2.05, 4.69) is 10.2 Å². The van der Waals surface area contributed by atoms with E-state index >= 15 is 0 Å². The number of furan rings is 1. The zero-order chi connectivity index (χ0) is 32.2. The molecule has 246 valence electrons. The molecule has 2 amide bonds. The number of nitrogens with one attached hydrogen (secondary N) is 1. The van der Waals surface area contributed by atoms with Gasteiger partial charge in [0.2, 0.25) is 5.91 Å². The van der Waals surface area contributed by atoms with E-state index in [4.69, 9.17) is 37.1 Å². The average molecular weight is 673 g/mol. The summed E-state index contributed by atoms with van der Waals surface area (Å²) in [5.41, 5.74) is 1.89. The van der Waals surface area contributed by atoms with Gasteiger partial charge in [-0.3, -0.25) is 19.3 Å². The van der Waals surface area contributed by atoms with Crippen molar-refractivity contribution in [2.24, 2.45) is 5.92 Å². The molecule has 0 unspecified atom stereocenters. The molecule has 1 aliphatic carbocycles. The Kier molecular flexibility index (Phi) is 10.5. The molecule has 3 fully saturated rings. The van der Waals surface area contributed by atoms with E-state index in [0.29, 0.717) is 78.2 Å². The fourth-order valence-corrected chi connectivity index (χ4v) is 7.37. The van der Waals surface area contributed by atoms with Crippen molar-refractivity contribution in [2.45, 2.75) is 63.1 Å². The second-order valence-electron chi connectivity index (χ2n) is 12.4. The lowest BCUT2D eigenvalue weighted by atomic mass is 9.87. The first-order valence-electron chi connectivity index (χ1n) is 16.0. The van der Waals surface area contributed by atoms with Gasteiger partial charge in [0.25, 0.3) is 5.91 Å². The highest BCUT2D eigenvalue weighted by Gasteiger charge is 2.39. The van der Waals surface area contributed by atoms with Crippen molar-refractivity contribution in [3.8, 4) is 0 Å². The first-order chi connectivity index (χ1) is 22.3. The summed E-state index contributed by atoms with van der Waals surface area (Å²) in [6, 6.07) is 10.5. The quantitative estimate of drug-likeness (QED) is 0.289. The molecule has 0 spiro atoms. The molecule has 2 atom stereocenters. The van der Waals surface area contributed by atoms with E-state index in [1.165, 1.54) is 6.26 Å². The van der Waals surface area contributed by atoms with Crippen LogP contribution in [0.5, 0.6) is 0 Å². The van der Waals surface area contributed by atoms with E-state index < -0.39 is 5.97 Å². The van der Waals surface area contributed by atoms with Crippen LogP contribution in [0.3, 0.4) is 0 Å². The topological polar surface area (TPSA) is 122 Å². The number of para-hydroxylation sites is 1. The van der Waals surface area contributed by atoms with E-state index in [0.717, 1.165) is 32.5 Å². The normalized spacial score (nSPS) is 24.2. The zero-order valence-corrected chi connectivity index (χ0v) is 27.1. The molecular weight excluding hydrogens is 633 g/mol. The third kappa shape index (κ3) is 7.52. The maximum atomic E-state index is 13.9. The number of rotatable bonds is 9. The molecule has 2 saturated heterocycles. The number of fused-ring (bicyclic) bond motifs is 1. The minimum Gasteiger partial charge on any atom is -0.481 e. The first-order valence-corrected chi connectivity index (χ1v) is 16.7. The molecule has 2 aromatic carbocycles. The number of aliphatic carboxylic acids is 1. The predicted molar refractivity (Wildman–Crippen MR) is 175 cm³/mol. The lowest BCUT2D eigenvalue weighted by Crippen LogP contribution is -2.42. The van der Waals surface area contributed by atoms with Crippen LogP contribution in [0.4, 0.5) is 5.69 Å². The second kappa shape index (κ2) is 14.7. The van der Waals surface area contributed by atoms with E-state index in [-0.39, 0.29) is 47.4 Å². The van der Waals surface area contributed by atoms with Crippen molar-refractivity contribution in [1.82, 2.24) is 9.80 Å². The minimum absolute atomic E-state index is 0.00534. The van der Waals surface area contributed by atoms with Crippen molar-refractivity contribution in [2.75, 3.05) is 44.8 Å². The summed E-state index contributed by atoms with van der Waals surface area (Å²) >= 11 is 13.3. The summed E-state index contributed by atoms with van der Waals surface area (Å²) in [5.74, 6) is -1.50. The number of carboxylic acid groups (broad SMARTS) is 1. The number of likely N-dealkylation sites (tertiary alicyclic amines) is 1. The van der Waals surface area contributed by atoms with Gasteiger partial charge in [-0.15, -0.1) is 0 Å². The summed E-state index contributed by atoms with van der Waals surface area (Å²) in [4.78, 5) is 42.6. The number of hydrogen-bond acceptors (Lipinski definition) is 7. The number of halogens is 2. The van der Waals surface area contributed by atoms with Crippen molar-refractivity contribution in [3.05, 3.63) is 63.8 Å². The van der Waals surface area contributed by atoms with Crippen LogP contribution in [0, 0.1) is 5.92 Å². The second-order valence-corrected chi connectivity index (χ2v) is 13.3. The summed E-state index contributed by atoms with van der Waals surface area (Å²) < 4.78 is 17.5. The van der Waals surface area contributed by atoms with Crippen LogP contribution in [-0.2, 0) is 25.5 Å². The van der Waals surface area contributed by atoms with E-state index in [1.54, 1.807) is 18.2 Å². The molecular formula is C34H39Cl2N3O7.